The van der Waals surface area contributed by atoms with E-state index in [2.05, 4.69) is 29.4 Å². The molecule has 2 heterocycles. The van der Waals surface area contributed by atoms with Crippen LogP contribution in [0.3, 0.4) is 0 Å². The van der Waals surface area contributed by atoms with E-state index in [1.165, 1.54) is 6.21 Å². The highest BCUT2D eigenvalue weighted by Crippen LogP contribution is 2.60. The van der Waals surface area contributed by atoms with E-state index in [0.29, 0.717) is 17.1 Å². The summed E-state index contributed by atoms with van der Waals surface area (Å²) in [5.74, 6) is -1.66. The third-order valence-electron chi connectivity index (χ3n) is 8.10. The number of ether oxygens (including phenoxy) is 1. The number of esters is 1. The minimum atomic E-state index is -0.520. The maximum atomic E-state index is 13.7. The molecule has 2 amide bonds. The fourth-order valence-electron chi connectivity index (χ4n) is 6.51. The number of carbonyl (C=O) groups excluding carboxylic acids is 3. The third kappa shape index (κ3) is 3.58. The number of amides is 2. The summed E-state index contributed by atoms with van der Waals surface area (Å²) in [5.41, 5.74) is 5.31. The molecule has 1 aliphatic heterocycles. The van der Waals surface area contributed by atoms with Crippen LogP contribution in [0.25, 0.3) is 11.3 Å². The number of halogens is 1. The second-order valence-corrected chi connectivity index (χ2v) is 10.5. The van der Waals surface area contributed by atoms with Crippen molar-refractivity contribution < 1.29 is 23.5 Å². The molecule has 0 saturated carbocycles. The highest BCUT2D eigenvalue weighted by molar-refractivity contribution is 6.33. The van der Waals surface area contributed by atoms with Crippen molar-refractivity contribution in [1.82, 2.24) is 5.01 Å². The maximum absolute atomic E-state index is 13.7. The normalized spacial score (nSPS) is 22.4. The maximum Gasteiger partial charge on any atom is 0.339 e. The Balaban J connectivity index is 1.18. The topological polar surface area (TPSA) is 89.2 Å². The van der Waals surface area contributed by atoms with Gasteiger partial charge in [-0.05, 0) is 59.5 Å². The van der Waals surface area contributed by atoms with Crippen molar-refractivity contribution in [2.24, 2.45) is 16.9 Å². The molecule has 7 nitrogen and oxygen atoms in total. The van der Waals surface area contributed by atoms with E-state index in [4.69, 9.17) is 20.8 Å². The standard InChI is InChI=1S/C32H23ClN2O5/c1-2-39-32(38)23-15-17(11-13-24(23)33)25-14-12-18(40-25)16-34-35-30(36)28-26-19-7-3-4-8-20(19)27(29(28)31(35)37)22-10-6-5-9-21(22)26/h3-16,26-29H,2H2,1H3/b34-16-/t26?,27?,28-,29-/m0/s1. The van der Waals surface area contributed by atoms with Crippen LogP contribution in [0.1, 0.15) is 57.1 Å². The summed E-state index contributed by atoms with van der Waals surface area (Å²) >= 11 is 6.18. The molecule has 4 aliphatic rings. The fraction of sp³-hybridized carbons (Fsp3) is 0.188. The number of hydrazone groups is 1. The summed E-state index contributed by atoms with van der Waals surface area (Å²) in [6.45, 7) is 1.96. The van der Waals surface area contributed by atoms with E-state index in [-0.39, 0.29) is 40.8 Å². The number of imide groups is 1. The van der Waals surface area contributed by atoms with Gasteiger partial charge in [-0.3, -0.25) is 9.59 Å². The third-order valence-corrected chi connectivity index (χ3v) is 8.43. The van der Waals surface area contributed by atoms with Crippen LogP contribution in [0.5, 0.6) is 0 Å². The molecular formula is C32H23ClN2O5. The number of nitrogens with zero attached hydrogens (tertiary/aromatic N) is 2. The second-order valence-electron chi connectivity index (χ2n) is 10.1. The Morgan fingerprint density at radius 3 is 2.02 bits per heavy atom. The smallest absolute Gasteiger partial charge is 0.339 e. The van der Waals surface area contributed by atoms with E-state index in [1.54, 1.807) is 37.3 Å². The lowest BCUT2D eigenvalue weighted by Gasteiger charge is -2.45. The Kier molecular flexibility index (Phi) is 5.71. The van der Waals surface area contributed by atoms with Crippen molar-refractivity contribution in [3.8, 4) is 11.3 Å². The number of carbonyl (C=O) groups is 3. The quantitative estimate of drug-likeness (QED) is 0.173. The highest BCUT2D eigenvalue weighted by atomic mass is 35.5. The molecule has 2 atom stereocenters. The molecule has 40 heavy (non-hydrogen) atoms. The van der Waals surface area contributed by atoms with Crippen molar-refractivity contribution in [3.63, 3.8) is 0 Å². The first kappa shape index (κ1) is 24.5. The molecule has 3 aromatic carbocycles. The largest absolute Gasteiger partial charge is 0.462 e. The molecule has 8 heteroatoms. The van der Waals surface area contributed by atoms with Gasteiger partial charge in [-0.15, -0.1) is 0 Å². The molecule has 0 spiro atoms. The van der Waals surface area contributed by atoms with Crippen LogP contribution in [0.4, 0.5) is 0 Å². The number of benzene rings is 3. The Morgan fingerprint density at radius 2 is 1.48 bits per heavy atom. The molecule has 4 aromatic rings. The van der Waals surface area contributed by atoms with E-state index in [1.807, 2.05) is 24.3 Å². The van der Waals surface area contributed by atoms with Gasteiger partial charge >= 0.3 is 5.97 Å². The van der Waals surface area contributed by atoms with Crippen molar-refractivity contribution >= 4 is 35.6 Å². The van der Waals surface area contributed by atoms with Gasteiger partial charge in [0, 0.05) is 17.4 Å². The first-order chi connectivity index (χ1) is 19.5. The van der Waals surface area contributed by atoms with Crippen LogP contribution in [-0.4, -0.2) is 35.6 Å². The zero-order valence-corrected chi connectivity index (χ0v) is 22.2. The second kappa shape index (κ2) is 9.31. The molecule has 0 radical (unpaired) electrons. The predicted molar refractivity (Wildman–Crippen MR) is 148 cm³/mol. The van der Waals surface area contributed by atoms with Crippen LogP contribution in [0, 0.1) is 11.8 Å². The monoisotopic (exact) mass is 550 g/mol. The zero-order valence-electron chi connectivity index (χ0n) is 21.4. The van der Waals surface area contributed by atoms with E-state index in [0.717, 1.165) is 27.3 Å². The van der Waals surface area contributed by atoms with Gasteiger partial charge in [0.2, 0.25) is 0 Å². The van der Waals surface area contributed by atoms with Crippen LogP contribution >= 0.6 is 11.6 Å². The minimum absolute atomic E-state index is 0.187. The van der Waals surface area contributed by atoms with Gasteiger partial charge in [0.05, 0.1) is 35.2 Å². The van der Waals surface area contributed by atoms with Gasteiger partial charge in [-0.2, -0.15) is 10.1 Å². The SMILES string of the molecule is CCOC(=O)c1cc(-c2ccc(/C=N\N3C(=O)[C@H]4C5c6ccccc6C(c6ccccc65)[C@@H]4C3=O)o2)ccc1Cl. The first-order valence-electron chi connectivity index (χ1n) is 13.1. The van der Waals surface area contributed by atoms with Crippen LogP contribution < -0.4 is 0 Å². The van der Waals surface area contributed by atoms with Crippen molar-refractivity contribution in [3.05, 3.63) is 117 Å². The van der Waals surface area contributed by atoms with Gasteiger partial charge in [-0.25, -0.2) is 4.79 Å². The van der Waals surface area contributed by atoms with E-state index < -0.39 is 17.8 Å². The van der Waals surface area contributed by atoms with Gasteiger partial charge in [0.25, 0.3) is 11.8 Å². The van der Waals surface area contributed by atoms with E-state index >= 15 is 0 Å². The van der Waals surface area contributed by atoms with Gasteiger partial charge in [0.15, 0.2) is 0 Å². The molecule has 1 saturated heterocycles. The number of hydrogen-bond donors (Lipinski definition) is 0. The van der Waals surface area contributed by atoms with Gasteiger partial charge < -0.3 is 9.15 Å². The Morgan fingerprint density at radius 1 is 0.900 bits per heavy atom. The first-order valence-corrected chi connectivity index (χ1v) is 13.5. The average Bonchev–Trinajstić information content (AvgIpc) is 3.55. The molecule has 198 valence electrons. The summed E-state index contributed by atoms with van der Waals surface area (Å²) in [6.07, 6.45) is 1.38. The molecule has 1 fully saturated rings. The van der Waals surface area contributed by atoms with Gasteiger partial charge in [-0.1, -0.05) is 60.1 Å². The van der Waals surface area contributed by atoms with Crippen LogP contribution in [0.15, 0.2) is 88.4 Å². The van der Waals surface area contributed by atoms with Crippen LogP contribution in [0.2, 0.25) is 5.02 Å². The molecule has 8 rings (SSSR count). The molecule has 2 bridgehead atoms. The molecule has 0 N–H and O–H groups in total. The molecule has 0 unspecified atom stereocenters. The average molecular weight is 551 g/mol. The Bertz CT molecular complexity index is 1630. The molecule has 1 aromatic heterocycles. The minimum Gasteiger partial charge on any atom is -0.462 e. The lowest BCUT2D eigenvalue weighted by Crippen LogP contribution is -2.41. The van der Waals surface area contributed by atoms with Crippen molar-refractivity contribution in [1.29, 1.82) is 0 Å². The number of furan rings is 1. The van der Waals surface area contributed by atoms with Crippen molar-refractivity contribution in [2.45, 2.75) is 18.8 Å². The lowest BCUT2D eigenvalue weighted by molar-refractivity contribution is -0.139. The zero-order chi connectivity index (χ0) is 27.5. The lowest BCUT2D eigenvalue weighted by atomic mass is 9.55. The summed E-state index contributed by atoms with van der Waals surface area (Å²) in [5, 5.41) is 5.60. The van der Waals surface area contributed by atoms with Gasteiger partial charge in [0.1, 0.15) is 11.5 Å². The Hall–Kier alpha value is -4.49. The highest BCUT2D eigenvalue weighted by Gasteiger charge is 2.61. The molecular weight excluding hydrogens is 528 g/mol. The summed E-state index contributed by atoms with van der Waals surface area (Å²) in [7, 11) is 0. The van der Waals surface area contributed by atoms with Crippen LogP contribution in [-0.2, 0) is 14.3 Å². The Labute approximate surface area is 235 Å². The summed E-state index contributed by atoms with van der Waals surface area (Å²) in [6, 6.07) is 24.6. The predicted octanol–water partition coefficient (Wildman–Crippen LogP) is 6.00. The van der Waals surface area contributed by atoms with Crippen molar-refractivity contribution in [2.75, 3.05) is 6.61 Å². The fourth-order valence-corrected chi connectivity index (χ4v) is 6.71. The number of hydrogen-bond acceptors (Lipinski definition) is 6. The van der Waals surface area contributed by atoms with E-state index in [9.17, 15) is 14.4 Å². The summed E-state index contributed by atoms with van der Waals surface area (Å²) in [4.78, 5) is 39.6. The summed E-state index contributed by atoms with van der Waals surface area (Å²) < 4.78 is 11.0. The number of rotatable bonds is 5. The molecule has 3 aliphatic carbocycles.